The topological polar surface area (TPSA) is 53.4 Å². The molecule has 0 saturated heterocycles. The van der Waals surface area contributed by atoms with E-state index >= 15 is 0 Å². The van der Waals surface area contributed by atoms with Crippen LogP contribution in [0.3, 0.4) is 0 Å². The Morgan fingerprint density at radius 2 is 2.00 bits per heavy atom. The van der Waals surface area contributed by atoms with E-state index in [1.165, 1.54) is 29.4 Å². The van der Waals surface area contributed by atoms with Gasteiger partial charge in [0, 0.05) is 13.2 Å². The zero-order valence-electron chi connectivity index (χ0n) is 9.67. The van der Waals surface area contributed by atoms with E-state index in [0.29, 0.717) is 11.4 Å². The van der Waals surface area contributed by atoms with Gasteiger partial charge in [0.1, 0.15) is 5.82 Å². The van der Waals surface area contributed by atoms with Crippen molar-refractivity contribution in [1.82, 2.24) is 4.98 Å². The molecule has 18 heavy (non-hydrogen) atoms. The predicted molar refractivity (Wildman–Crippen MR) is 65.7 cm³/mol. The number of aromatic carboxylic acids is 1. The minimum Gasteiger partial charge on any atom is -0.478 e. The van der Waals surface area contributed by atoms with E-state index in [1.807, 2.05) is 0 Å². The molecule has 0 fully saturated rings. The van der Waals surface area contributed by atoms with E-state index in [1.54, 1.807) is 25.2 Å². The van der Waals surface area contributed by atoms with E-state index in [4.69, 9.17) is 5.11 Å². The Kier molecular flexibility index (Phi) is 3.23. The molecule has 92 valence electrons. The third kappa shape index (κ3) is 2.15. The summed E-state index contributed by atoms with van der Waals surface area (Å²) in [5.74, 6) is -1.49. The molecule has 0 saturated carbocycles. The summed E-state index contributed by atoms with van der Waals surface area (Å²) in [6.07, 6.45) is 2.79. The normalized spacial score (nSPS) is 10.1. The maximum Gasteiger partial charge on any atom is 0.337 e. The van der Waals surface area contributed by atoms with Crippen LogP contribution in [0.15, 0.2) is 42.7 Å². The zero-order valence-corrected chi connectivity index (χ0v) is 9.67. The van der Waals surface area contributed by atoms with Gasteiger partial charge in [-0.3, -0.25) is 4.98 Å². The molecule has 5 heteroatoms. The molecular formula is C13H11FN2O2. The summed E-state index contributed by atoms with van der Waals surface area (Å²) in [5.41, 5.74) is 0.721. The molecule has 1 N–H and O–H groups in total. The van der Waals surface area contributed by atoms with Crippen LogP contribution in [0, 0.1) is 5.82 Å². The minimum absolute atomic E-state index is 0.0794. The Bertz CT molecular complexity index is 587. The van der Waals surface area contributed by atoms with E-state index in [-0.39, 0.29) is 5.56 Å². The predicted octanol–water partition coefficient (Wildman–Crippen LogP) is 2.69. The van der Waals surface area contributed by atoms with E-state index < -0.39 is 11.8 Å². The van der Waals surface area contributed by atoms with Crippen molar-refractivity contribution < 1.29 is 14.3 Å². The second-order valence-electron chi connectivity index (χ2n) is 3.71. The number of anilines is 2. The van der Waals surface area contributed by atoms with Gasteiger partial charge in [0.15, 0.2) is 0 Å². The first-order chi connectivity index (χ1) is 8.61. The number of nitrogens with zero attached hydrogens (tertiary/aromatic N) is 2. The summed E-state index contributed by atoms with van der Waals surface area (Å²) in [4.78, 5) is 16.4. The molecule has 2 rings (SSSR count). The van der Waals surface area contributed by atoms with Crippen molar-refractivity contribution in [3.05, 3.63) is 54.1 Å². The van der Waals surface area contributed by atoms with Gasteiger partial charge in [-0.15, -0.1) is 0 Å². The fourth-order valence-corrected chi connectivity index (χ4v) is 1.69. The zero-order chi connectivity index (χ0) is 13.1. The van der Waals surface area contributed by atoms with Crippen LogP contribution in [0.1, 0.15) is 10.4 Å². The van der Waals surface area contributed by atoms with Gasteiger partial charge in [-0.1, -0.05) is 12.1 Å². The molecule has 0 aliphatic heterocycles. The maximum atomic E-state index is 13.6. The van der Waals surface area contributed by atoms with Crippen LogP contribution < -0.4 is 4.90 Å². The average Bonchev–Trinajstić information content (AvgIpc) is 2.38. The summed E-state index contributed by atoms with van der Waals surface area (Å²) in [7, 11) is 1.60. The number of hydrogen-bond acceptors (Lipinski definition) is 3. The summed E-state index contributed by atoms with van der Waals surface area (Å²) < 4.78 is 13.6. The van der Waals surface area contributed by atoms with Crippen LogP contribution in [-0.2, 0) is 0 Å². The summed E-state index contributed by atoms with van der Waals surface area (Å²) in [5, 5.41) is 9.08. The van der Waals surface area contributed by atoms with Gasteiger partial charge in [-0.05, 0) is 18.2 Å². The number of carboxylic acids is 1. The lowest BCUT2D eigenvalue weighted by atomic mass is 10.2. The standard InChI is InChI=1S/C13H11FN2O2/c1-16(11-5-3-2-4-10(11)14)12-8-15-7-6-9(12)13(17)18/h2-8H,1H3,(H,17,18). The largest absolute Gasteiger partial charge is 0.478 e. The van der Waals surface area contributed by atoms with Crippen molar-refractivity contribution in [2.45, 2.75) is 0 Å². The van der Waals surface area contributed by atoms with Crippen LogP contribution in [0.2, 0.25) is 0 Å². The van der Waals surface area contributed by atoms with Crippen LogP contribution in [0.5, 0.6) is 0 Å². The lowest BCUT2D eigenvalue weighted by Crippen LogP contribution is -2.15. The number of rotatable bonds is 3. The summed E-state index contributed by atoms with van der Waals surface area (Å²) in [6.45, 7) is 0. The first-order valence-corrected chi connectivity index (χ1v) is 5.27. The van der Waals surface area contributed by atoms with Crippen molar-refractivity contribution in [1.29, 1.82) is 0 Å². The van der Waals surface area contributed by atoms with Crippen LogP contribution in [0.4, 0.5) is 15.8 Å². The highest BCUT2D eigenvalue weighted by Crippen LogP contribution is 2.28. The Balaban J connectivity index is 2.50. The quantitative estimate of drug-likeness (QED) is 0.904. The third-order valence-electron chi connectivity index (χ3n) is 2.61. The lowest BCUT2D eigenvalue weighted by Gasteiger charge is -2.21. The molecule has 0 radical (unpaired) electrons. The summed E-state index contributed by atoms with van der Waals surface area (Å²) in [6, 6.07) is 7.55. The average molecular weight is 246 g/mol. The van der Waals surface area contributed by atoms with Gasteiger partial charge in [0.2, 0.25) is 0 Å². The van der Waals surface area contributed by atoms with Crippen LogP contribution in [0.25, 0.3) is 0 Å². The number of aromatic nitrogens is 1. The van der Waals surface area contributed by atoms with E-state index in [2.05, 4.69) is 4.98 Å². The number of carboxylic acid groups (broad SMARTS) is 1. The Hall–Kier alpha value is -2.43. The SMILES string of the molecule is CN(c1ccccc1F)c1cnccc1C(=O)O. The van der Waals surface area contributed by atoms with Gasteiger partial charge in [-0.2, -0.15) is 0 Å². The number of halogens is 1. The monoisotopic (exact) mass is 246 g/mol. The highest BCUT2D eigenvalue weighted by Gasteiger charge is 2.16. The molecular weight excluding hydrogens is 235 g/mol. The molecule has 2 aromatic rings. The molecule has 0 aliphatic carbocycles. The van der Waals surface area contributed by atoms with Crippen LogP contribution in [-0.4, -0.2) is 23.1 Å². The summed E-state index contributed by atoms with van der Waals surface area (Å²) >= 11 is 0. The number of pyridine rings is 1. The first kappa shape index (κ1) is 12.0. The molecule has 4 nitrogen and oxygen atoms in total. The second-order valence-corrected chi connectivity index (χ2v) is 3.71. The van der Waals surface area contributed by atoms with E-state index in [0.717, 1.165) is 0 Å². The lowest BCUT2D eigenvalue weighted by molar-refractivity contribution is 0.0697. The molecule has 0 aliphatic rings. The van der Waals surface area contributed by atoms with Gasteiger partial charge >= 0.3 is 5.97 Å². The number of carbonyl (C=O) groups is 1. The molecule has 1 heterocycles. The van der Waals surface area contributed by atoms with Crippen molar-refractivity contribution in [3.8, 4) is 0 Å². The third-order valence-corrected chi connectivity index (χ3v) is 2.61. The highest BCUT2D eigenvalue weighted by atomic mass is 19.1. The molecule has 0 unspecified atom stereocenters. The molecule has 0 amide bonds. The Morgan fingerprint density at radius 1 is 1.28 bits per heavy atom. The Morgan fingerprint density at radius 3 is 2.67 bits per heavy atom. The molecule has 1 aromatic carbocycles. The Labute approximate surface area is 103 Å². The van der Waals surface area contributed by atoms with Crippen molar-refractivity contribution in [3.63, 3.8) is 0 Å². The smallest absolute Gasteiger partial charge is 0.337 e. The molecule has 0 bridgehead atoms. The number of hydrogen-bond donors (Lipinski definition) is 1. The highest BCUT2D eigenvalue weighted by molar-refractivity contribution is 5.95. The number of para-hydroxylation sites is 1. The molecule has 1 aromatic heterocycles. The number of benzene rings is 1. The fourth-order valence-electron chi connectivity index (χ4n) is 1.69. The van der Waals surface area contributed by atoms with Gasteiger partial charge in [-0.25, -0.2) is 9.18 Å². The van der Waals surface area contributed by atoms with Gasteiger partial charge in [0.25, 0.3) is 0 Å². The van der Waals surface area contributed by atoms with Gasteiger partial charge < -0.3 is 10.0 Å². The van der Waals surface area contributed by atoms with E-state index in [9.17, 15) is 9.18 Å². The van der Waals surface area contributed by atoms with Crippen molar-refractivity contribution in [2.24, 2.45) is 0 Å². The van der Waals surface area contributed by atoms with Crippen molar-refractivity contribution in [2.75, 3.05) is 11.9 Å². The van der Waals surface area contributed by atoms with Crippen LogP contribution >= 0.6 is 0 Å². The van der Waals surface area contributed by atoms with Gasteiger partial charge in [0.05, 0.1) is 23.1 Å². The minimum atomic E-state index is -1.07. The molecule has 0 spiro atoms. The van der Waals surface area contributed by atoms with Crippen molar-refractivity contribution >= 4 is 17.3 Å². The first-order valence-electron chi connectivity index (χ1n) is 5.27. The second kappa shape index (κ2) is 4.83. The maximum absolute atomic E-state index is 13.6. The molecule has 0 atom stereocenters. The fraction of sp³-hybridized carbons (Fsp3) is 0.0769.